The number of carbonyl (C=O) groups is 1. The Hall–Kier alpha value is -3.34. The lowest BCUT2D eigenvalue weighted by atomic mass is 10.0. The summed E-state index contributed by atoms with van der Waals surface area (Å²) in [5.74, 6) is -0.201. The van der Waals surface area contributed by atoms with E-state index in [1.165, 1.54) is 40.9 Å². The molecule has 3 aromatic rings. The van der Waals surface area contributed by atoms with E-state index in [2.05, 4.69) is 72.8 Å². The first-order chi connectivity index (χ1) is 15.3. The first-order valence-corrected chi connectivity index (χ1v) is 11.3. The highest BCUT2D eigenvalue weighted by atomic mass is 16.2. The third-order valence-corrected chi connectivity index (χ3v) is 6.30. The van der Waals surface area contributed by atoms with Gasteiger partial charge < -0.3 is 9.47 Å². The van der Waals surface area contributed by atoms with E-state index in [-0.39, 0.29) is 5.91 Å². The van der Waals surface area contributed by atoms with Gasteiger partial charge in [0, 0.05) is 41.3 Å². The van der Waals surface area contributed by atoms with E-state index in [0.29, 0.717) is 5.56 Å². The van der Waals surface area contributed by atoms with Crippen LogP contribution in [0.3, 0.4) is 0 Å². The number of hydrogen-bond donors (Lipinski definition) is 1. The summed E-state index contributed by atoms with van der Waals surface area (Å²) < 4.78 is 2.27. The molecule has 166 valence electrons. The summed E-state index contributed by atoms with van der Waals surface area (Å²) in [4.78, 5) is 14.9. The van der Waals surface area contributed by atoms with Crippen LogP contribution in [-0.4, -0.2) is 29.8 Å². The van der Waals surface area contributed by atoms with Crippen molar-refractivity contribution in [3.63, 3.8) is 0 Å². The fourth-order valence-electron chi connectivity index (χ4n) is 4.81. The van der Waals surface area contributed by atoms with E-state index in [9.17, 15) is 4.79 Å². The molecule has 5 nitrogen and oxygen atoms in total. The first-order valence-electron chi connectivity index (χ1n) is 11.3. The van der Waals surface area contributed by atoms with Gasteiger partial charge in [-0.15, -0.1) is 0 Å². The lowest BCUT2D eigenvalue weighted by Crippen LogP contribution is -2.19. The number of nitrogens with one attached hydrogen (secondary N) is 1. The Morgan fingerprint density at radius 2 is 1.56 bits per heavy atom. The Balaban J connectivity index is 1.48. The summed E-state index contributed by atoms with van der Waals surface area (Å²) in [7, 11) is 0. The maximum atomic E-state index is 12.5. The summed E-state index contributed by atoms with van der Waals surface area (Å²) in [5.41, 5.74) is 12.7. The number of nitrogens with zero attached hydrogens (tertiary/aromatic N) is 3. The van der Waals surface area contributed by atoms with Gasteiger partial charge in [-0.25, -0.2) is 5.43 Å². The molecule has 2 heterocycles. The van der Waals surface area contributed by atoms with Crippen LogP contribution in [0.5, 0.6) is 0 Å². The van der Waals surface area contributed by atoms with Crippen LogP contribution in [0.1, 0.15) is 56.8 Å². The van der Waals surface area contributed by atoms with Gasteiger partial charge in [0.15, 0.2) is 0 Å². The summed E-state index contributed by atoms with van der Waals surface area (Å²) in [6.07, 6.45) is 4.20. The quantitative estimate of drug-likeness (QED) is 0.438. The standard InChI is InChI=1S/C27H32N4O/c1-18-14-19(2)26(20(3)15-18)31-21(4)16-24(22(31)5)17-28-29-27(32)23-8-10-25(11-9-23)30-12-6-7-13-30/h8-11,14-17H,6-7,12-13H2,1-5H3,(H,29,32)/b28-17-. The highest BCUT2D eigenvalue weighted by molar-refractivity contribution is 5.95. The highest BCUT2D eigenvalue weighted by Gasteiger charge is 2.15. The second kappa shape index (κ2) is 9.03. The summed E-state index contributed by atoms with van der Waals surface area (Å²) in [6, 6.07) is 14.3. The van der Waals surface area contributed by atoms with Gasteiger partial charge in [0.25, 0.3) is 5.91 Å². The second-order valence-corrected chi connectivity index (χ2v) is 8.85. The maximum Gasteiger partial charge on any atom is 0.271 e. The number of aryl methyl sites for hydroxylation is 4. The highest BCUT2D eigenvalue weighted by Crippen LogP contribution is 2.26. The zero-order valence-corrected chi connectivity index (χ0v) is 19.7. The molecule has 1 aliphatic heterocycles. The molecular weight excluding hydrogens is 396 g/mol. The molecule has 0 saturated carbocycles. The van der Waals surface area contributed by atoms with Crippen molar-refractivity contribution in [2.24, 2.45) is 5.10 Å². The van der Waals surface area contributed by atoms with Crippen LogP contribution in [-0.2, 0) is 0 Å². The molecule has 1 amide bonds. The lowest BCUT2D eigenvalue weighted by Gasteiger charge is -2.17. The van der Waals surface area contributed by atoms with E-state index in [0.717, 1.165) is 30.0 Å². The zero-order chi connectivity index (χ0) is 22.8. The van der Waals surface area contributed by atoms with Crippen LogP contribution in [0.4, 0.5) is 5.69 Å². The van der Waals surface area contributed by atoms with Crippen LogP contribution < -0.4 is 10.3 Å². The molecule has 0 atom stereocenters. The van der Waals surface area contributed by atoms with Crippen LogP contribution >= 0.6 is 0 Å². The lowest BCUT2D eigenvalue weighted by molar-refractivity contribution is 0.0955. The number of hydrazone groups is 1. The SMILES string of the molecule is Cc1cc(C)c(-n2c(C)cc(/C=N\NC(=O)c3ccc(N4CCCC4)cc3)c2C)c(C)c1. The number of aromatic nitrogens is 1. The Bertz CT molecular complexity index is 1140. The molecule has 2 aromatic carbocycles. The minimum Gasteiger partial charge on any atom is -0.372 e. The number of rotatable bonds is 5. The van der Waals surface area contributed by atoms with E-state index in [4.69, 9.17) is 0 Å². The number of carbonyl (C=O) groups excluding carboxylic acids is 1. The molecule has 1 fully saturated rings. The molecule has 32 heavy (non-hydrogen) atoms. The Morgan fingerprint density at radius 1 is 0.938 bits per heavy atom. The molecule has 0 spiro atoms. The fourth-order valence-corrected chi connectivity index (χ4v) is 4.81. The predicted molar refractivity (Wildman–Crippen MR) is 132 cm³/mol. The molecule has 5 heteroatoms. The van der Waals surface area contributed by atoms with Gasteiger partial charge >= 0.3 is 0 Å². The third-order valence-electron chi connectivity index (χ3n) is 6.30. The molecule has 0 unspecified atom stereocenters. The third kappa shape index (κ3) is 4.33. The maximum absolute atomic E-state index is 12.5. The van der Waals surface area contributed by atoms with Crippen LogP contribution in [0.2, 0.25) is 0 Å². The zero-order valence-electron chi connectivity index (χ0n) is 19.7. The van der Waals surface area contributed by atoms with Crippen molar-refractivity contribution in [2.75, 3.05) is 18.0 Å². The molecule has 0 radical (unpaired) electrons. The molecule has 1 saturated heterocycles. The molecule has 1 aromatic heterocycles. The Kier molecular flexibility index (Phi) is 6.17. The van der Waals surface area contributed by atoms with Crippen LogP contribution in [0.25, 0.3) is 5.69 Å². The van der Waals surface area contributed by atoms with Crippen molar-refractivity contribution >= 4 is 17.8 Å². The molecule has 4 rings (SSSR count). The van der Waals surface area contributed by atoms with Crippen molar-refractivity contribution in [1.29, 1.82) is 0 Å². The minimum atomic E-state index is -0.201. The van der Waals surface area contributed by atoms with Gasteiger partial charge in [-0.2, -0.15) is 5.10 Å². The Labute approximate surface area is 190 Å². The normalized spacial score (nSPS) is 13.8. The summed E-state index contributed by atoms with van der Waals surface area (Å²) in [5, 5.41) is 4.24. The molecule has 0 aliphatic carbocycles. The van der Waals surface area contributed by atoms with Crippen molar-refractivity contribution in [3.8, 4) is 5.69 Å². The number of amides is 1. The molecule has 1 N–H and O–H groups in total. The molecule has 0 bridgehead atoms. The first kappa shape index (κ1) is 21.9. The second-order valence-electron chi connectivity index (χ2n) is 8.85. The van der Waals surface area contributed by atoms with E-state index < -0.39 is 0 Å². The van der Waals surface area contributed by atoms with E-state index in [1.54, 1.807) is 6.21 Å². The summed E-state index contributed by atoms with van der Waals surface area (Å²) >= 11 is 0. The molecule has 1 aliphatic rings. The van der Waals surface area contributed by atoms with Crippen molar-refractivity contribution in [2.45, 2.75) is 47.5 Å². The van der Waals surface area contributed by atoms with Gasteiger partial charge in [-0.1, -0.05) is 17.7 Å². The van der Waals surface area contributed by atoms with Crippen molar-refractivity contribution in [3.05, 3.63) is 81.7 Å². The molecular formula is C27H32N4O. The van der Waals surface area contributed by atoms with Gasteiger partial charge in [-0.05, 0) is 88.9 Å². The van der Waals surface area contributed by atoms with Crippen LogP contribution in [0, 0.1) is 34.6 Å². The average Bonchev–Trinajstić information content (AvgIpc) is 3.38. The van der Waals surface area contributed by atoms with Gasteiger partial charge in [0.1, 0.15) is 0 Å². The number of hydrogen-bond acceptors (Lipinski definition) is 3. The van der Waals surface area contributed by atoms with E-state index in [1.807, 2.05) is 24.3 Å². The van der Waals surface area contributed by atoms with Crippen molar-refractivity contribution < 1.29 is 4.79 Å². The minimum absolute atomic E-state index is 0.201. The Morgan fingerprint density at radius 3 is 2.19 bits per heavy atom. The van der Waals surface area contributed by atoms with Crippen molar-refractivity contribution in [1.82, 2.24) is 9.99 Å². The topological polar surface area (TPSA) is 49.6 Å². The number of anilines is 1. The monoisotopic (exact) mass is 428 g/mol. The average molecular weight is 429 g/mol. The number of benzene rings is 2. The van der Waals surface area contributed by atoms with Gasteiger partial charge in [0.05, 0.1) is 11.9 Å². The van der Waals surface area contributed by atoms with Crippen LogP contribution in [0.15, 0.2) is 47.6 Å². The van der Waals surface area contributed by atoms with Gasteiger partial charge in [-0.3, -0.25) is 4.79 Å². The van der Waals surface area contributed by atoms with E-state index >= 15 is 0 Å². The predicted octanol–water partition coefficient (Wildman–Crippen LogP) is 5.38. The van der Waals surface area contributed by atoms with Gasteiger partial charge in [0.2, 0.25) is 0 Å². The largest absolute Gasteiger partial charge is 0.372 e. The smallest absolute Gasteiger partial charge is 0.271 e. The fraction of sp³-hybridized carbons (Fsp3) is 0.333. The summed E-state index contributed by atoms with van der Waals surface area (Å²) in [6.45, 7) is 12.8.